The minimum absolute atomic E-state index is 0.0212. The van der Waals surface area contributed by atoms with Crippen molar-refractivity contribution in [3.05, 3.63) is 17.2 Å². The summed E-state index contributed by atoms with van der Waals surface area (Å²) in [7, 11) is 0. The number of hydrogen-bond donors (Lipinski definition) is 1. The Balaban J connectivity index is 2.13. The summed E-state index contributed by atoms with van der Waals surface area (Å²) in [5.74, 6) is 1.26. The van der Waals surface area contributed by atoms with Gasteiger partial charge < -0.3 is 10.3 Å². The first-order valence-electron chi connectivity index (χ1n) is 5.56. The van der Waals surface area contributed by atoms with Crippen LogP contribution in [0.15, 0.2) is 0 Å². The number of hydrogen-bond acceptors (Lipinski definition) is 2. The van der Waals surface area contributed by atoms with Crippen molar-refractivity contribution in [1.82, 2.24) is 9.55 Å². The molecule has 1 aromatic rings. The lowest BCUT2D eigenvalue weighted by molar-refractivity contribution is 0.488. The van der Waals surface area contributed by atoms with Gasteiger partial charge in [0, 0.05) is 13.0 Å². The molecule has 3 rings (SSSR count). The second kappa shape index (κ2) is 2.60. The Bertz CT molecular complexity index is 374. The van der Waals surface area contributed by atoms with E-state index in [4.69, 9.17) is 5.73 Å². The number of aryl methyl sites for hydroxylation is 2. The SMILES string of the molecule is Cc1nc2n(c1C1(N)CC1)CCCC2. The third-order valence-electron chi connectivity index (χ3n) is 3.51. The maximum absolute atomic E-state index is 6.28. The summed E-state index contributed by atoms with van der Waals surface area (Å²) < 4.78 is 2.38. The van der Waals surface area contributed by atoms with E-state index in [-0.39, 0.29) is 5.54 Å². The predicted octanol–water partition coefficient (Wildman–Crippen LogP) is 1.48. The Kier molecular flexibility index (Phi) is 1.57. The fourth-order valence-electron chi connectivity index (χ4n) is 2.62. The number of fused-ring (bicyclic) bond motifs is 1. The maximum Gasteiger partial charge on any atom is 0.109 e. The molecule has 0 saturated heterocycles. The van der Waals surface area contributed by atoms with E-state index in [1.54, 1.807) is 0 Å². The lowest BCUT2D eigenvalue weighted by atomic mass is 10.1. The Morgan fingerprint density at radius 2 is 2.14 bits per heavy atom. The quantitative estimate of drug-likeness (QED) is 0.730. The summed E-state index contributed by atoms with van der Waals surface area (Å²) in [6, 6.07) is 0. The Labute approximate surface area is 84.3 Å². The number of rotatable bonds is 1. The predicted molar refractivity (Wildman–Crippen MR) is 55.0 cm³/mol. The molecule has 0 radical (unpaired) electrons. The Hall–Kier alpha value is -0.830. The van der Waals surface area contributed by atoms with Crippen molar-refractivity contribution in [2.24, 2.45) is 5.73 Å². The molecule has 14 heavy (non-hydrogen) atoms. The van der Waals surface area contributed by atoms with Crippen LogP contribution in [0.5, 0.6) is 0 Å². The molecule has 3 heteroatoms. The van der Waals surface area contributed by atoms with E-state index >= 15 is 0 Å². The van der Waals surface area contributed by atoms with E-state index in [1.165, 1.54) is 30.1 Å². The van der Waals surface area contributed by atoms with E-state index in [0.29, 0.717) is 0 Å². The van der Waals surface area contributed by atoms with Crippen LogP contribution in [-0.4, -0.2) is 9.55 Å². The zero-order valence-electron chi connectivity index (χ0n) is 8.71. The maximum atomic E-state index is 6.28. The average molecular weight is 191 g/mol. The molecule has 0 amide bonds. The van der Waals surface area contributed by atoms with Crippen molar-refractivity contribution in [3.63, 3.8) is 0 Å². The third kappa shape index (κ3) is 1.05. The summed E-state index contributed by atoms with van der Waals surface area (Å²) >= 11 is 0. The summed E-state index contributed by atoms with van der Waals surface area (Å²) in [5.41, 5.74) is 8.75. The van der Waals surface area contributed by atoms with Crippen molar-refractivity contribution >= 4 is 0 Å². The highest BCUT2D eigenvalue weighted by Crippen LogP contribution is 2.44. The van der Waals surface area contributed by atoms with Gasteiger partial charge in [0.05, 0.1) is 16.9 Å². The molecule has 76 valence electrons. The summed E-state index contributed by atoms with van der Waals surface area (Å²) in [4.78, 5) is 4.64. The highest BCUT2D eigenvalue weighted by Gasteiger charge is 2.44. The highest BCUT2D eigenvalue weighted by molar-refractivity contribution is 5.30. The normalized spacial score (nSPS) is 23.3. The van der Waals surface area contributed by atoms with Crippen LogP contribution in [-0.2, 0) is 18.5 Å². The zero-order chi connectivity index (χ0) is 9.76. The van der Waals surface area contributed by atoms with Gasteiger partial charge in [-0.15, -0.1) is 0 Å². The molecule has 1 saturated carbocycles. The van der Waals surface area contributed by atoms with Crippen molar-refractivity contribution in [2.45, 2.75) is 51.1 Å². The average Bonchev–Trinajstić information content (AvgIpc) is 2.79. The summed E-state index contributed by atoms with van der Waals surface area (Å²) in [5, 5.41) is 0. The molecule has 0 atom stereocenters. The van der Waals surface area contributed by atoms with Gasteiger partial charge in [0.1, 0.15) is 5.82 Å². The van der Waals surface area contributed by atoms with Crippen molar-refractivity contribution < 1.29 is 0 Å². The molecular formula is C11H17N3. The lowest BCUT2D eigenvalue weighted by Gasteiger charge is -2.19. The first kappa shape index (κ1) is 8.48. The number of imidazole rings is 1. The van der Waals surface area contributed by atoms with Gasteiger partial charge in [-0.2, -0.15) is 0 Å². The molecule has 0 unspecified atom stereocenters. The molecule has 0 spiro atoms. The van der Waals surface area contributed by atoms with Gasteiger partial charge in [-0.25, -0.2) is 4.98 Å². The van der Waals surface area contributed by atoms with Crippen molar-refractivity contribution in [2.75, 3.05) is 0 Å². The fourth-order valence-corrected chi connectivity index (χ4v) is 2.62. The van der Waals surface area contributed by atoms with Crippen LogP contribution in [0, 0.1) is 6.92 Å². The summed E-state index contributed by atoms with van der Waals surface area (Å²) in [6.07, 6.45) is 5.98. The molecule has 2 heterocycles. The van der Waals surface area contributed by atoms with Crippen LogP contribution in [0.4, 0.5) is 0 Å². The molecular weight excluding hydrogens is 174 g/mol. The first-order chi connectivity index (χ1) is 6.71. The number of nitrogens with zero attached hydrogens (tertiary/aromatic N) is 2. The topological polar surface area (TPSA) is 43.8 Å². The fraction of sp³-hybridized carbons (Fsp3) is 0.727. The van der Waals surface area contributed by atoms with E-state index in [9.17, 15) is 0 Å². The van der Waals surface area contributed by atoms with Gasteiger partial charge in [-0.1, -0.05) is 0 Å². The largest absolute Gasteiger partial charge is 0.330 e. The third-order valence-corrected chi connectivity index (χ3v) is 3.51. The van der Waals surface area contributed by atoms with E-state index in [2.05, 4.69) is 16.5 Å². The first-order valence-corrected chi connectivity index (χ1v) is 5.56. The van der Waals surface area contributed by atoms with Gasteiger partial charge in [0.2, 0.25) is 0 Å². The molecule has 3 nitrogen and oxygen atoms in total. The molecule has 1 fully saturated rings. The van der Waals surface area contributed by atoms with Crippen molar-refractivity contribution in [3.8, 4) is 0 Å². The second-order valence-corrected chi connectivity index (χ2v) is 4.73. The Morgan fingerprint density at radius 1 is 1.36 bits per heavy atom. The van der Waals surface area contributed by atoms with Gasteiger partial charge in [-0.3, -0.25) is 0 Å². The van der Waals surface area contributed by atoms with Crippen molar-refractivity contribution in [1.29, 1.82) is 0 Å². The van der Waals surface area contributed by atoms with Crippen LogP contribution in [0.1, 0.15) is 42.9 Å². The molecule has 2 aliphatic rings. The molecule has 1 aromatic heterocycles. The number of aromatic nitrogens is 2. The van der Waals surface area contributed by atoms with Crippen LogP contribution in [0.3, 0.4) is 0 Å². The van der Waals surface area contributed by atoms with Crippen LogP contribution in [0.2, 0.25) is 0 Å². The van der Waals surface area contributed by atoms with E-state index < -0.39 is 0 Å². The van der Waals surface area contributed by atoms with Gasteiger partial charge in [0.15, 0.2) is 0 Å². The van der Waals surface area contributed by atoms with E-state index in [0.717, 1.165) is 25.8 Å². The monoisotopic (exact) mass is 191 g/mol. The van der Waals surface area contributed by atoms with Gasteiger partial charge >= 0.3 is 0 Å². The molecule has 1 aliphatic carbocycles. The minimum Gasteiger partial charge on any atom is -0.330 e. The number of nitrogens with two attached hydrogens (primary N) is 1. The minimum atomic E-state index is -0.0212. The standard InChI is InChI=1S/C11H17N3/c1-8-10(11(12)5-6-11)14-7-3-2-4-9(14)13-8/h2-7,12H2,1H3. The Morgan fingerprint density at radius 3 is 2.86 bits per heavy atom. The molecule has 2 N–H and O–H groups in total. The van der Waals surface area contributed by atoms with Crippen LogP contribution >= 0.6 is 0 Å². The molecule has 1 aliphatic heterocycles. The van der Waals surface area contributed by atoms with Crippen LogP contribution in [0.25, 0.3) is 0 Å². The van der Waals surface area contributed by atoms with Gasteiger partial charge in [-0.05, 0) is 32.6 Å². The molecule has 0 aromatic carbocycles. The smallest absolute Gasteiger partial charge is 0.109 e. The van der Waals surface area contributed by atoms with Gasteiger partial charge in [0.25, 0.3) is 0 Å². The molecule has 0 bridgehead atoms. The highest BCUT2D eigenvalue weighted by atomic mass is 15.1. The summed E-state index contributed by atoms with van der Waals surface area (Å²) in [6.45, 7) is 3.23. The lowest BCUT2D eigenvalue weighted by Crippen LogP contribution is -2.26. The van der Waals surface area contributed by atoms with Crippen LogP contribution < -0.4 is 5.73 Å². The second-order valence-electron chi connectivity index (χ2n) is 4.73. The zero-order valence-corrected chi connectivity index (χ0v) is 8.71. The van der Waals surface area contributed by atoms with E-state index in [1.807, 2.05) is 0 Å².